The van der Waals surface area contributed by atoms with Gasteiger partial charge in [0, 0.05) is 5.56 Å². The van der Waals surface area contributed by atoms with Gasteiger partial charge in [-0.05, 0) is 24.3 Å². The van der Waals surface area contributed by atoms with Gasteiger partial charge in [-0.1, -0.05) is 42.0 Å². The Hall–Kier alpha value is -3.53. The van der Waals surface area contributed by atoms with E-state index in [0.717, 1.165) is 11.1 Å². The number of nitrogens with zero attached hydrogens (tertiary/aromatic N) is 5. The average Bonchev–Trinajstić information content (AvgIpc) is 3.04. The Morgan fingerprint density at radius 1 is 1.21 bits per heavy atom. The smallest absolute Gasteiger partial charge is 0.248 e. The zero-order chi connectivity index (χ0) is 16.9. The summed E-state index contributed by atoms with van der Waals surface area (Å²) in [4.78, 5) is 13.3. The normalized spacial score (nSPS) is 10.2. The second-order valence-electron chi connectivity index (χ2n) is 5.22. The van der Waals surface area contributed by atoms with E-state index >= 15 is 0 Å². The Bertz CT molecular complexity index is 907. The van der Waals surface area contributed by atoms with Crippen molar-refractivity contribution in [1.82, 2.24) is 20.2 Å². The van der Waals surface area contributed by atoms with Crippen LogP contribution in [0.1, 0.15) is 11.1 Å². The average molecular weight is 318 g/mol. The highest BCUT2D eigenvalue weighted by Crippen LogP contribution is 2.15. The molecule has 0 spiro atoms. The van der Waals surface area contributed by atoms with Gasteiger partial charge in [0.05, 0.1) is 11.3 Å². The topological polar surface area (TPSA) is 96.5 Å². The number of aromatic nitrogens is 4. The minimum absolute atomic E-state index is 0.0847. The molecule has 7 nitrogen and oxygen atoms in total. The number of nitriles is 1. The highest BCUT2D eigenvalue weighted by molar-refractivity contribution is 5.91. The molecular formula is C17H14N6O. The molecule has 1 aromatic heterocycles. The van der Waals surface area contributed by atoms with Gasteiger partial charge in [0.25, 0.3) is 0 Å². The highest BCUT2D eigenvalue weighted by Gasteiger charge is 2.11. The maximum absolute atomic E-state index is 12.1. The predicted octanol–water partition coefficient (Wildman–Crippen LogP) is 2.16. The summed E-state index contributed by atoms with van der Waals surface area (Å²) in [5, 5.41) is 23.8. The quantitative estimate of drug-likeness (QED) is 0.795. The third kappa shape index (κ3) is 3.44. The van der Waals surface area contributed by atoms with E-state index in [9.17, 15) is 4.79 Å². The molecular weight excluding hydrogens is 304 g/mol. The number of nitrogens with one attached hydrogen (secondary N) is 1. The summed E-state index contributed by atoms with van der Waals surface area (Å²) in [6, 6.07) is 16.5. The van der Waals surface area contributed by atoms with Gasteiger partial charge < -0.3 is 5.32 Å². The highest BCUT2D eigenvalue weighted by atomic mass is 16.2. The van der Waals surface area contributed by atoms with E-state index in [4.69, 9.17) is 5.26 Å². The van der Waals surface area contributed by atoms with Gasteiger partial charge in [0.1, 0.15) is 12.6 Å². The third-order valence-corrected chi connectivity index (χ3v) is 3.37. The maximum Gasteiger partial charge on any atom is 0.248 e. The van der Waals surface area contributed by atoms with Crippen molar-refractivity contribution in [3.63, 3.8) is 0 Å². The number of hydrogen-bond donors (Lipinski definition) is 1. The number of aryl methyl sites for hydroxylation is 1. The first-order valence-electron chi connectivity index (χ1n) is 7.29. The van der Waals surface area contributed by atoms with Crippen molar-refractivity contribution in [3.05, 3.63) is 59.7 Å². The molecule has 0 bridgehead atoms. The number of benzene rings is 2. The van der Waals surface area contributed by atoms with E-state index in [0.29, 0.717) is 17.1 Å². The molecule has 1 heterocycles. The Morgan fingerprint density at radius 3 is 2.71 bits per heavy atom. The van der Waals surface area contributed by atoms with Crippen LogP contribution < -0.4 is 5.32 Å². The number of amides is 1. The standard InChI is InChI=1S/C17H14N6O/c1-12-6-8-13(9-7-12)17-20-22-23(21-17)11-16(24)19-15-5-3-2-4-14(15)10-18/h2-9H,11H2,1H3,(H,19,24). The summed E-state index contributed by atoms with van der Waals surface area (Å²) < 4.78 is 0. The van der Waals surface area contributed by atoms with Gasteiger partial charge in [0.15, 0.2) is 0 Å². The zero-order valence-corrected chi connectivity index (χ0v) is 13.0. The molecule has 0 saturated carbocycles. The van der Waals surface area contributed by atoms with Crippen LogP contribution in [0.4, 0.5) is 5.69 Å². The zero-order valence-electron chi connectivity index (χ0n) is 13.0. The van der Waals surface area contributed by atoms with Gasteiger partial charge in [-0.15, -0.1) is 10.2 Å². The van der Waals surface area contributed by atoms with E-state index in [2.05, 4.69) is 20.7 Å². The molecule has 0 radical (unpaired) electrons. The molecule has 2 aromatic carbocycles. The van der Waals surface area contributed by atoms with Crippen molar-refractivity contribution in [1.29, 1.82) is 5.26 Å². The molecule has 0 unspecified atom stereocenters. The van der Waals surface area contributed by atoms with Gasteiger partial charge >= 0.3 is 0 Å². The largest absolute Gasteiger partial charge is 0.323 e. The first-order chi connectivity index (χ1) is 11.7. The predicted molar refractivity (Wildman–Crippen MR) is 87.8 cm³/mol. The van der Waals surface area contributed by atoms with E-state index < -0.39 is 0 Å². The Kier molecular flexibility index (Phi) is 4.29. The molecule has 118 valence electrons. The number of hydrogen-bond acceptors (Lipinski definition) is 5. The lowest BCUT2D eigenvalue weighted by atomic mass is 10.1. The molecule has 0 aliphatic heterocycles. The van der Waals surface area contributed by atoms with Crippen LogP contribution in [0.15, 0.2) is 48.5 Å². The molecule has 0 atom stereocenters. The van der Waals surface area contributed by atoms with Gasteiger partial charge in [0.2, 0.25) is 11.7 Å². The molecule has 1 amide bonds. The lowest BCUT2D eigenvalue weighted by molar-refractivity contribution is -0.117. The van der Waals surface area contributed by atoms with E-state index in [1.165, 1.54) is 4.80 Å². The fourth-order valence-corrected chi connectivity index (χ4v) is 2.14. The van der Waals surface area contributed by atoms with Gasteiger partial charge in [-0.3, -0.25) is 4.79 Å². The van der Waals surface area contributed by atoms with E-state index in [1.807, 2.05) is 37.3 Å². The summed E-state index contributed by atoms with van der Waals surface area (Å²) in [6.45, 7) is 1.91. The van der Waals surface area contributed by atoms with E-state index in [1.54, 1.807) is 24.3 Å². The number of rotatable bonds is 4. The number of tetrazole rings is 1. The van der Waals surface area contributed by atoms with Crippen molar-refractivity contribution in [3.8, 4) is 17.5 Å². The van der Waals surface area contributed by atoms with Crippen LogP contribution in [0, 0.1) is 18.3 Å². The van der Waals surface area contributed by atoms with Crippen LogP contribution >= 0.6 is 0 Å². The Balaban J connectivity index is 1.69. The fraction of sp³-hybridized carbons (Fsp3) is 0.118. The van der Waals surface area contributed by atoms with Crippen LogP contribution in [0.3, 0.4) is 0 Å². The van der Waals surface area contributed by atoms with E-state index in [-0.39, 0.29) is 12.5 Å². The summed E-state index contributed by atoms with van der Waals surface area (Å²) in [5.74, 6) is 0.130. The second-order valence-corrected chi connectivity index (χ2v) is 5.22. The minimum Gasteiger partial charge on any atom is -0.323 e. The van der Waals surface area contributed by atoms with Crippen LogP contribution in [0.25, 0.3) is 11.4 Å². The molecule has 0 saturated heterocycles. The molecule has 0 aliphatic rings. The summed E-state index contributed by atoms with van der Waals surface area (Å²) in [6.07, 6.45) is 0. The van der Waals surface area contributed by atoms with Crippen LogP contribution in [-0.4, -0.2) is 26.1 Å². The number of carbonyl (C=O) groups excluding carboxylic acids is 1. The maximum atomic E-state index is 12.1. The van der Waals surface area contributed by atoms with Crippen LogP contribution in [-0.2, 0) is 11.3 Å². The minimum atomic E-state index is -0.328. The second kappa shape index (κ2) is 6.71. The lowest BCUT2D eigenvalue weighted by Gasteiger charge is -2.05. The lowest BCUT2D eigenvalue weighted by Crippen LogP contribution is -2.21. The van der Waals surface area contributed by atoms with Crippen molar-refractivity contribution in [2.24, 2.45) is 0 Å². The molecule has 24 heavy (non-hydrogen) atoms. The SMILES string of the molecule is Cc1ccc(-c2nnn(CC(=O)Nc3ccccc3C#N)n2)cc1. The van der Waals surface area contributed by atoms with Crippen molar-refractivity contribution < 1.29 is 4.79 Å². The summed E-state index contributed by atoms with van der Waals surface area (Å²) in [7, 11) is 0. The van der Waals surface area contributed by atoms with Gasteiger partial charge in [-0.2, -0.15) is 10.1 Å². The van der Waals surface area contributed by atoms with Gasteiger partial charge in [-0.25, -0.2) is 0 Å². The Labute approximate surface area is 138 Å². The van der Waals surface area contributed by atoms with Crippen molar-refractivity contribution in [2.75, 3.05) is 5.32 Å². The molecule has 1 N–H and O–H groups in total. The van der Waals surface area contributed by atoms with Crippen molar-refractivity contribution >= 4 is 11.6 Å². The summed E-state index contributed by atoms with van der Waals surface area (Å²) in [5.41, 5.74) is 2.84. The molecule has 3 rings (SSSR count). The number of anilines is 1. The first kappa shape index (κ1) is 15.4. The molecule has 3 aromatic rings. The molecule has 7 heteroatoms. The third-order valence-electron chi connectivity index (χ3n) is 3.37. The van der Waals surface area contributed by atoms with Crippen LogP contribution in [0.5, 0.6) is 0 Å². The van der Waals surface area contributed by atoms with Crippen molar-refractivity contribution in [2.45, 2.75) is 13.5 Å². The number of carbonyl (C=O) groups is 1. The fourth-order valence-electron chi connectivity index (χ4n) is 2.14. The number of para-hydroxylation sites is 1. The Morgan fingerprint density at radius 2 is 1.96 bits per heavy atom. The molecule has 0 fully saturated rings. The monoisotopic (exact) mass is 318 g/mol. The van der Waals surface area contributed by atoms with Crippen LogP contribution in [0.2, 0.25) is 0 Å². The molecule has 0 aliphatic carbocycles. The summed E-state index contributed by atoms with van der Waals surface area (Å²) >= 11 is 0. The first-order valence-corrected chi connectivity index (χ1v) is 7.29.